The van der Waals surface area contributed by atoms with Crippen molar-refractivity contribution < 1.29 is 14.3 Å². The minimum atomic E-state index is -0.548. The Bertz CT molecular complexity index is 850. The number of hydrogen-bond acceptors (Lipinski definition) is 4. The van der Waals surface area contributed by atoms with Gasteiger partial charge in [-0.1, -0.05) is 67.6 Å². The molecule has 2 aromatic carbocycles. The van der Waals surface area contributed by atoms with Crippen LogP contribution in [0, 0.1) is 0 Å². The van der Waals surface area contributed by atoms with Gasteiger partial charge in [0.05, 0.1) is 18.7 Å². The fourth-order valence-electron chi connectivity index (χ4n) is 3.33. The van der Waals surface area contributed by atoms with Gasteiger partial charge >= 0.3 is 12.0 Å². The zero-order valence-electron chi connectivity index (χ0n) is 16.1. The maximum absolute atomic E-state index is 12.6. The van der Waals surface area contributed by atoms with Crippen molar-refractivity contribution in [3.05, 3.63) is 83.1 Å². The molecule has 2 N–H and O–H groups in total. The molecule has 0 bridgehead atoms. The van der Waals surface area contributed by atoms with Gasteiger partial charge in [0.1, 0.15) is 0 Å². The molecule has 0 aromatic heterocycles. The number of amides is 2. The van der Waals surface area contributed by atoms with Crippen molar-refractivity contribution in [2.75, 3.05) is 20.2 Å². The number of esters is 1. The number of benzene rings is 2. The molecular weight excluding hydrogens is 354 g/mol. The smallest absolute Gasteiger partial charge is 0.338 e. The summed E-state index contributed by atoms with van der Waals surface area (Å²) in [6.07, 6.45) is 0. The van der Waals surface area contributed by atoms with E-state index in [0.717, 1.165) is 12.1 Å². The summed E-state index contributed by atoms with van der Waals surface area (Å²) in [5.74, 6) is -0.452. The molecule has 1 atom stereocenters. The standard InChI is InChI=1S/C22H25N3O3/c1-3-25(14-16-10-6-4-7-11-16)15-18-19(21(26)28-2)20(24-22(27)23-18)17-12-8-5-9-13-17/h4-13,20H,3,14-15H2,1-2H3,(H2,23,24,27)/t20-/m0/s1. The highest BCUT2D eigenvalue weighted by Gasteiger charge is 2.33. The molecule has 3 rings (SSSR count). The molecule has 2 amide bonds. The molecule has 2 aromatic rings. The number of nitrogens with one attached hydrogen (secondary N) is 2. The molecule has 0 radical (unpaired) electrons. The third kappa shape index (κ3) is 4.58. The molecule has 0 fully saturated rings. The van der Waals surface area contributed by atoms with E-state index < -0.39 is 12.0 Å². The molecule has 146 valence electrons. The SMILES string of the molecule is CCN(CC1=C(C(=O)OC)[C@H](c2ccccc2)NC(=O)N1)Cc1ccccc1. The van der Waals surface area contributed by atoms with Crippen molar-refractivity contribution in [1.82, 2.24) is 15.5 Å². The van der Waals surface area contributed by atoms with Crippen LogP contribution in [0.25, 0.3) is 0 Å². The molecule has 0 saturated heterocycles. The molecule has 6 heteroatoms. The van der Waals surface area contributed by atoms with Crippen molar-refractivity contribution in [3.63, 3.8) is 0 Å². The maximum atomic E-state index is 12.6. The number of rotatable bonds is 7. The van der Waals surface area contributed by atoms with Crippen LogP contribution in [-0.4, -0.2) is 37.1 Å². The van der Waals surface area contributed by atoms with Crippen LogP contribution in [-0.2, 0) is 16.1 Å². The first-order valence-corrected chi connectivity index (χ1v) is 9.32. The largest absolute Gasteiger partial charge is 0.466 e. The number of likely N-dealkylation sites (N-methyl/N-ethyl adjacent to an activating group) is 1. The third-order valence-corrected chi connectivity index (χ3v) is 4.77. The summed E-state index contributed by atoms with van der Waals surface area (Å²) in [4.78, 5) is 27.1. The van der Waals surface area contributed by atoms with Crippen molar-refractivity contribution in [2.45, 2.75) is 19.5 Å². The van der Waals surface area contributed by atoms with Gasteiger partial charge in [0.2, 0.25) is 0 Å². The lowest BCUT2D eigenvalue weighted by molar-refractivity contribution is -0.136. The van der Waals surface area contributed by atoms with E-state index >= 15 is 0 Å². The van der Waals surface area contributed by atoms with Gasteiger partial charge in [-0.05, 0) is 17.7 Å². The molecule has 0 spiro atoms. The van der Waals surface area contributed by atoms with E-state index in [1.165, 1.54) is 12.7 Å². The Morgan fingerprint density at radius 1 is 1.04 bits per heavy atom. The van der Waals surface area contributed by atoms with E-state index in [1.807, 2.05) is 48.5 Å². The van der Waals surface area contributed by atoms with Gasteiger partial charge in [0.25, 0.3) is 0 Å². The van der Waals surface area contributed by atoms with Gasteiger partial charge in [-0.15, -0.1) is 0 Å². The second-order valence-corrected chi connectivity index (χ2v) is 6.61. The van der Waals surface area contributed by atoms with Crippen LogP contribution in [0.2, 0.25) is 0 Å². The second-order valence-electron chi connectivity index (χ2n) is 6.61. The molecule has 6 nitrogen and oxygen atoms in total. The zero-order valence-corrected chi connectivity index (χ0v) is 16.1. The van der Waals surface area contributed by atoms with Crippen LogP contribution in [0.15, 0.2) is 71.9 Å². The number of carbonyl (C=O) groups is 2. The second kappa shape index (κ2) is 9.19. The quantitative estimate of drug-likeness (QED) is 0.726. The molecular formula is C22H25N3O3. The fraction of sp³-hybridized carbons (Fsp3) is 0.273. The number of hydrogen-bond donors (Lipinski definition) is 2. The van der Waals surface area contributed by atoms with Crippen molar-refractivity contribution in [2.24, 2.45) is 0 Å². The Morgan fingerprint density at radius 3 is 2.29 bits per heavy atom. The minimum Gasteiger partial charge on any atom is -0.466 e. The van der Waals surface area contributed by atoms with Crippen molar-refractivity contribution in [1.29, 1.82) is 0 Å². The highest BCUT2D eigenvalue weighted by atomic mass is 16.5. The predicted octanol–water partition coefficient (Wildman–Crippen LogP) is 2.99. The number of carbonyl (C=O) groups excluding carboxylic acids is 2. The molecule has 28 heavy (non-hydrogen) atoms. The normalized spacial score (nSPS) is 16.5. The van der Waals surface area contributed by atoms with Crippen LogP contribution in [0.5, 0.6) is 0 Å². The van der Waals surface area contributed by atoms with Gasteiger partial charge in [-0.3, -0.25) is 4.90 Å². The van der Waals surface area contributed by atoms with E-state index in [9.17, 15) is 9.59 Å². The minimum absolute atomic E-state index is 0.327. The summed E-state index contributed by atoms with van der Waals surface area (Å²) >= 11 is 0. The van der Waals surface area contributed by atoms with Crippen LogP contribution in [0.3, 0.4) is 0 Å². The van der Waals surface area contributed by atoms with Gasteiger partial charge in [0.15, 0.2) is 0 Å². The molecule has 0 unspecified atom stereocenters. The molecule has 1 aliphatic rings. The lowest BCUT2D eigenvalue weighted by Gasteiger charge is -2.31. The number of methoxy groups -OCH3 is 1. The van der Waals surface area contributed by atoms with Crippen molar-refractivity contribution >= 4 is 12.0 Å². The summed E-state index contributed by atoms with van der Waals surface area (Å²) in [7, 11) is 1.35. The van der Waals surface area contributed by atoms with E-state index in [-0.39, 0.29) is 6.03 Å². The summed E-state index contributed by atoms with van der Waals surface area (Å²) in [5, 5.41) is 5.66. The first-order valence-electron chi connectivity index (χ1n) is 9.32. The van der Waals surface area contributed by atoms with Crippen molar-refractivity contribution in [3.8, 4) is 0 Å². The zero-order chi connectivity index (χ0) is 19.9. The number of ether oxygens (including phenoxy) is 1. The lowest BCUT2D eigenvalue weighted by Crippen LogP contribution is -2.48. The number of urea groups is 1. The van der Waals surface area contributed by atoms with Crippen LogP contribution in [0.4, 0.5) is 4.79 Å². The topological polar surface area (TPSA) is 70.7 Å². The first-order chi connectivity index (χ1) is 13.6. The highest BCUT2D eigenvalue weighted by molar-refractivity contribution is 5.95. The van der Waals surface area contributed by atoms with Gasteiger partial charge in [0, 0.05) is 18.8 Å². The van der Waals surface area contributed by atoms with E-state index in [1.54, 1.807) is 0 Å². The summed E-state index contributed by atoms with van der Waals surface area (Å²) in [6, 6.07) is 18.7. The Kier molecular flexibility index (Phi) is 6.45. The van der Waals surface area contributed by atoms with Crippen LogP contribution < -0.4 is 10.6 Å². The average Bonchev–Trinajstić information content (AvgIpc) is 2.73. The lowest BCUT2D eigenvalue weighted by atomic mass is 9.95. The molecule has 1 aliphatic heterocycles. The fourth-order valence-corrected chi connectivity index (χ4v) is 3.33. The summed E-state index contributed by atoms with van der Waals surface area (Å²) in [6.45, 7) is 3.98. The van der Waals surface area contributed by atoms with Crippen LogP contribution >= 0.6 is 0 Å². The maximum Gasteiger partial charge on any atom is 0.338 e. The molecule has 1 heterocycles. The van der Waals surface area contributed by atoms with Gasteiger partial charge in [-0.25, -0.2) is 9.59 Å². The Balaban J connectivity index is 1.94. The Hall–Kier alpha value is -3.12. The Morgan fingerprint density at radius 2 is 1.68 bits per heavy atom. The average molecular weight is 379 g/mol. The highest BCUT2D eigenvalue weighted by Crippen LogP contribution is 2.28. The Labute approximate surface area is 165 Å². The van der Waals surface area contributed by atoms with E-state index in [0.29, 0.717) is 24.4 Å². The van der Waals surface area contributed by atoms with Crippen LogP contribution in [0.1, 0.15) is 24.1 Å². The van der Waals surface area contributed by atoms with Gasteiger partial charge < -0.3 is 15.4 Å². The first kappa shape index (κ1) is 19.6. The van der Waals surface area contributed by atoms with Gasteiger partial charge in [-0.2, -0.15) is 0 Å². The van der Waals surface area contributed by atoms with E-state index in [4.69, 9.17) is 4.74 Å². The summed E-state index contributed by atoms with van der Waals surface area (Å²) in [5.41, 5.74) is 3.01. The molecule has 0 aliphatic carbocycles. The summed E-state index contributed by atoms with van der Waals surface area (Å²) < 4.78 is 5.03. The number of nitrogens with zero attached hydrogens (tertiary/aromatic N) is 1. The molecule has 0 saturated carbocycles. The predicted molar refractivity (Wildman–Crippen MR) is 107 cm³/mol. The van der Waals surface area contributed by atoms with E-state index in [2.05, 4.69) is 34.6 Å². The third-order valence-electron chi connectivity index (χ3n) is 4.77. The monoisotopic (exact) mass is 379 g/mol.